The van der Waals surface area contributed by atoms with Crippen molar-refractivity contribution >= 4 is 11.6 Å². The highest BCUT2D eigenvalue weighted by molar-refractivity contribution is 5.94. The van der Waals surface area contributed by atoms with Crippen LogP contribution in [0.25, 0.3) is 5.65 Å². The molecular formula is C22H25N3O. The van der Waals surface area contributed by atoms with Crippen LogP contribution in [0.3, 0.4) is 0 Å². The Hall–Kier alpha value is -2.62. The maximum Gasteiger partial charge on any atom is 0.255 e. The second-order valence-corrected chi connectivity index (χ2v) is 7.38. The van der Waals surface area contributed by atoms with Gasteiger partial charge < -0.3 is 9.30 Å². The molecule has 0 N–H and O–H groups in total. The Morgan fingerprint density at radius 2 is 1.81 bits per heavy atom. The highest BCUT2D eigenvalue weighted by atomic mass is 16.2. The molecule has 4 heteroatoms. The molecule has 1 fully saturated rings. The number of aryl methyl sites for hydroxylation is 1. The maximum absolute atomic E-state index is 13.0. The van der Waals surface area contributed by atoms with Crippen molar-refractivity contribution in [2.45, 2.75) is 44.6 Å². The highest BCUT2D eigenvalue weighted by Crippen LogP contribution is 2.34. The molecule has 0 unspecified atom stereocenters. The third-order valence-corrected chi connectivity index (χ3v) is 5.77. The van der Waals surface area contributed by atoms with Gasteiger partial charge in [-0.15, -0.1) is 0 Å². The summed E-state index contributed by atoms with van der Waals surface area (Å²) in [7, 11) is 1.95. The third-order valence-electron chi connectivity index (χ3n) is 5.77. The summed E-state index contributed by atoms with van der Waals surface area (Å²) in [5, 5.41) is 0. The van der Waals surface area contributed by atoms with E-state index in [1.165, 1.54) is 5.56 Å². The first kappa shape index (κ1) is 16.8. The van der Waals surface area contributed by atoms with Crippen molar-refractivity contribution in [3.63, 3.8) is 0 Å². The zero-order chi connectivity index (χ0) is 18.1. The van der Waals surface area contributed by atoms with Crippen LogP contribution in [0.5, 0.6) is 0 Å². The molecule has 0 atom stereocenters. The number of aromatic nitrogens is 2. The summed E-state index contributed by atoms with van der Waals surface area (Å²) in [5.41, 5.74) is 4.08. The summed E-state index contributed by atoms with van der Waals surface area (Å²) in [6.45, 7) is 2.00. The minimum Gasteiger partial charge on any atom is -0.339 e. The van der Waals surface area contributed by atoms with Crippen LogP contribution in [0, 0.1) is 6.92 Å². The van der Waals surface area contributed by atoms with Gasteiger partial charge in [-0.2, -0.15) is 0 Å². The van der Waals surface area contributed by atoms with Crippen molar-refractivity contribution in [3.05, 3.63) is 71.7 Å². The third kappa shape index (κ3) is 3.12. The summed E-state index contributed by atoms with van der Waals surface area (Å²) in [4.78, 5) is 19.2. The molecule has 3 aromatic rings. The highest BCUT2D eigenvalue weighted by Gasteiger charge is 2.27. The summed E-state index contributed by atoms with van der Waals surface area (Å²) < 4.78 is 1.98. The van der Waals surface area contributed by atoms with Gasteiger partial charge in [-0.3, -0.25) is 4.79 Å². The number of carbonyl (C=O) groups is 1. The van der Waals surface area contributed by atoms with E-state index in [1.54, 1.807) is 0 Å². The average Bonchev–Trinajstić information content (AvgIpc) is 3.08. The first-order chi connectivity index (χ1) is 12.6. The van der Waals surface area contributed by atoms with E-state index < -0.39 is 0 Å². The molecule has 1 aliphatic carbocycles. The van der Waals surface area contributed by atoms with Gasteiger partial charge in [-0.1, -0.05) is 30.3 Å². The van der Waals surface area contributed by atoms with Crippen LogP contribution in [-0.4, -0.2) is 33.3 Å². The predicted octanol–water partition coefficient (Wildman–Crippen LogP) is 4.44. The SMILES string of the molecule is Cc1cnc2ccc(C(=O)N(C)C3CCC(c4ccccc4)CC3)cn12. The molecule has 0 spiro atoms. The number of hydrogen-bond acceptors (Lipinski definition) is 2. The lowest BCUT2D eigenvalue weighted by Gasteiger charge is -2.35. The Bertz CT molecular complexity index is 908. The molecule has 26 heavy (non-hydrogen) atoms. The maximum atomic E-state index is 13.0. The molecule has 1 aromatic carbocycles. The van der Waals surface area contributed by atoms with Crippen molar-refractivity contribution in [2.75, 3.05) is 7.05 Å². The van der Waals surface area contributed by atoms with Crippen molar-refractivity contribution in [1.29, 1.82) is 0 Å². The lowest BCUT2D eigenvalue weighted by Crippen LogP contribution is -2.39. The van der Waals surface area contributed by atoms with Crippen LogP contribution in [0.2, 0.25) is 0 Å². The number of hydrogen-bond donors (Lipinski definition) is 0. The number of imidazole rings is 1. The van der Waals surface area contributed by atoms with Gasteiger partial charge in [0.25, 0.3) is 5.91 Å². The Balaban J connectivity index is 1.44. The first-order valence-corrected chi connectivity index (χ1v) is 9.39. The molecule has 4 rings (SSSR count). The molecular weight excluding hydrogens is 322 g/mol. The standard InChI is InChI=1S/C22H25N3O/c1-16-14-23-21-13-10-19(15-25(16)21)22(26)24(2)20-11-8-18(9-12-20)17-6-4-3-5-7-17/h3-7,10,13-15,18,20H,8-9,11-12H2,1-2H3. The van der Waals surface area contributed by atoms with Crippen LogP contribution >= 0.6 is 0 Å². The molecule has 2 heterocycles. The van der Waals surface area contributed by atoms with E-state index in [4.69, 9.17) is 0 Å². The molecule has 1 amide bonds. The average molecular weight is 347 g/mol. The predicted molar refractivity (Wildman–Crippen MR) is 103 cm³/mol. The monoisotopic (exact) mass is 347 g/mol. The van der Waals surface area contributed by atoms with Gasteiger partial charge >= 0.3 is 0 Å². The van der Waals surface area contributed by atoms with Gasteiger partial charge in [0.05, 0.1) is 5.56 Å². The van der Waals surface area contributed by atoms with E-state index in [2.05, 4.69) is 35.3 Å². The largest absolute Gasteiger partial charge is 0.339 e. The topological polar surface area (TPSA) is 37.6 Å². The number of pyridine rings is 1. The van der Waals surface area contributed by atoms with E-state index in [-0.39, 0.29) is 5.91 Å². The zero-order valence-corrected chi connectivity index (χ0v) is 15.4. The first-order valence-electron chi connectivity index (χ1n) is 9.39. The van der Waals surface area contributed by atoms with Crippen molar-refractivity contribution in [1.82, 2.24) is 14.3 Å². The summed E-state index contributed by atoms with van der Waals surface area (Å²) in [6, 6.07) is 14.9. The van der Waals surface area contributed by atoms with E-state index in [0.29, 0.717) is 12.0 Å². The fourth-order valence-corrected chi connectivity index (χ4v) is 4.12. The molecule has 0 saturated heterocycles. The summed E-state index contributed by atoms with van der Waals surface area (Å²) >= 11 is 0. The van der Waals surface area contributed by atoms with E-state index in [9.17, 15) is 4.79 Å². The number of fused-ring (bicyclic) bond motifs is 1. The van der Waals surface area contributed by atoms with Crippen molar-refractivity contribution in [3.8, 4) is 0 Å². The molecule has 134 valence electrons. The Morgan fingerprint density at radius 3 is 2.54 bits per heavy atom. The molecule has 2 aromatic heterocycles. The molecule has 0 radical (unpaired) electrons. The Labute approximate surface area is 154 Å². The summed E-state index contributed by atoms with van der Waals surface area (Å²) in [5.74, 6) is 0.726. The van der Waals surface area contributed by atoms with Crippen LogP contribution in [0.1, 0.15) is 53.2 Å². The fraction of sp³-hybridized carbons (Fsp3) is 0.364. The van der Waals surface area contributed by atoms with Gasteiger partial charge in [0.1, 0.15) is 5.65 Å². The zero-order valence-electron chi connectivity index (χ0n) is 15.4. The van der Waals surface area contributed by atoms with Crippen LogP contribution in [0.15, 0.2) is 54.9 Å². The quantitative estimate of drug-likeness (QED) is 0.702. The minimum absolute atomic E-state index is 0.100. The van der Waals surface area contributed by atoms with E-state index in [0.717, 1.165) is 42.6 Å². The second-order valence-electron chi connectivity index (χ2n) is 7.38. The van der Waals surface area contributed by atoms with Crippen LogP contribution < -0.4 is 0 Å². The van der Waals surface area contributed by atoms with Crippen LogP contribution in [0.4, 0.5) is 0 Å². The van der Waals surface area contributed by atoms with Crippen molar-refractivity contribution in [2.24, 2.45) is 0 Å². The Morgan fingerprint density at radius 1 is 1.08 bits per heavy atom. The molecule has 1 aliphatic rings. The van der Waals surface area contributed by atoms with Gasteiger partial charge in [0, 0.05) is 31.2 Å². The van der Waals surface area contributed by atoms with Gasteiger partial charge in [-0.25, -0.2) is 4.98 Å². The molecule has 0 bridgehead atoms. The van der Waals surface area contributed by atoms with Gasteiger partial charge in [0.2, 0.25) is 0 Å². The minimum atomic E-state index is 0.100. The van der Waals surface area contributed by atoms with Crippen LogP contribution in [-0.2, 0) is 0 Å². The normalized spacial score (nSPS) is 20.2. The molecule has 1 saturated carbocycles. The lowest BCUT2D eigenvalue weighted by molar-refractivity contribution is 0.0689. The number of rotatable bonds is 3. The lowest BCUT2D eigenvalue weighted by atomic mass is 9.81. The fourth-order valence-electron chi connectivity index (χ4n) is 4.12. The number of benzene rings is 1. The smallest absolute Gasteiger partial charge is 0.255 e. The van der Waals surface area contributed by atoms with E-state index >= 15 is 0 Å². The second kappa shape index (κ2) is 6.94. The van der Waals surface area contributed by atoms with Gasteiger partial charge in [-0.05, 0) is 56.2 Å². The van der Waals surface area contributed by atoms with E-state index in [1.807, 2.05) is 47.8 Å². The number of nitrogens with zero attached hydrogens (tertiary/aromatic N) is 3. The summed E-state index contributed by atoms with van der Waals surface area (Å²) in [6.07, 6.45) is 8.16. The number of amides is 1. The van der Waals surface area contributed by atoms with Crippen molar-refractivity contribution < 1.29 is 4.79 Å². The number of carbonyl (C=O) groups excluding carboxylic acids is 1. The Kier molecular flexibility index (Phi) is 4.49. The molecule has 0 aliphatic heterocycles. The molecule has 4 nitrogen and oxygen atoms in total. The van der Waals surface area contributed by atoms with Gasteiger partial charge in [0.15, 0.2) is 0 Å².